The van der Waals surface area contributed by atoms with E-state index < -0.39 is 5.97 Å². The minimum Gasteiger partial charge on any atom is -0.480 e. The van der Waals surface area contributed by atoms with E-state index in [-0.39, 0.29) is 6.54 Å². The summed E-state index contributed by atoms with van der Waals surface area (Å²) in [6.07, 6.45) is 3.98. The number of nitrogens with zero attached hydrogens (tertiary/aromatic N) is 1. The van der Waals surface area contributed by atoms with Gasteiger partial charge in [0.15, 0.2) is 0 Å². The van der Waals surface area contributed by atoms with E-state index in [0.29, 0.717) is 0 Å². The molecule has 0 amide bonds. The third-order valence-corrected chi connectivity index (χ3v) is 3.24. The van der Waals surface area contributed by atoms with Crippen molar-refractivity contribution in [2.45, 2.75) is 26.3 Å². The van der Waals surface area contributed by atoms with E-state index >= 15 is 0 Å². The standard InChI is InChI=1S/C13H14BrNO2/c1-2-3-9-7-15(8-13(16)17)12-5-4-10(14)6-11(9)12/h4-7H,2-3,8H2,1H3,(H,16,17). The van der Waals surface area contributed by atoms with E-state index in [4.69, 9.17) is 5.11 Å². The van der Waals surface area contributed by atoms with Crippen LogP contribution in [0.5, 0.6) is 0 Å². The number of halogens is 1. The van der Waals surface area contributed by atoms with E-state index in [2.05, 4.69) is 28.9 Å². The van der Waals surface area contributed by atoms with Crippen LogP contribution in [0.1, 0.15) is 18.9 Å². The predicted molar refractivity (Wildman–Crippen MR) is 71.3 cm³/mol. The molecule has 0 saturated heterocycles. The number of rotatable bonds is 4. The molecule has 0 aliphatic heterocycles. The van der Waals surface area contributed by atoms with Crippen LogP contribution >= 0.6 is 15.9 Å². The number of benzene rings is 1. The van der Waals surface area contributed by atoms with E-state index in [1.165, 1.54) is 5.56 Å². The Morgan fingerprint density at radius 2 is 2.24 bits per heavy atom. The third kappa shape index (κ3) is 2.52. The van der Waals surface area contributed by atoms with Crippen LogP contribution in [0.2, 0.25) is 0 Å². The lowest BCUT2D eigenvalue weighted by Gasteiger charge is -2.00. The van der Waals surface area contributed by atoms with Crippen LogP contribution in [-0.2, 0) is 17.8 Å². The molecule has 1 heterocycles. The number of aliphatic carboxylic acids is 1. The van der Waals surface area contributed by atoms with Gasteiger partial charge in [-0.1, -0.05) is 29.3 Å². The summed E-state index contributed by atoms with van der Waals surface area (Å²) in [6.45, 7) is 2.14. The molecule has 0 fully saturated rings. The maximum atomic E-state index is 10.8. The number of carboxylic acid groups (broad SMARTS) is 1. The molecule has 1 N–H and O–H groups in total. The van der Waals surface area contributed by atoms with Crippen LogP contribution < -0.4 is 0 Å². The van der Waals surface area contributed by atoms with Crippen molar-refractivity contribution in [3.05, 3.63) is 34.4 Å². The Morgan fingerprint density at radius 3 is 2.88 bits per heavy atom. The van der Waals surface area contributed by atoms with Gasteiger partial charge in [-0.2, -0.15) is 0 Å². The molecule has 1 aromatic carbocycles. The Kier molecular flexibility index (Phi) is 3.52. The number of carboxylic acids is 1. The molecule has 3 nitrogen and oxygen atoms in total. The summed E-state index contributed by atoms with van der Waals surface area (Å²) in [5, 5.41) is 10.0. The van der Waals surface area contributed by atoms with Crippen molar-refractivity contribution >= 4 is 32.8 Å². The first kappa shape index (κ1) is 12.2. The Hall–Kier alpha value is -1.29. The maximum Gasteiger partial charge on any atom is 0.323 e. The first-order valence-corrected chi connectivity index (χ1v) is 6.40. The molecule has 2 rings (SSSR count). The molecule has 0 spiro atoms. The largest absolute Gasteiger partial charge is 0.480 e. The van der Waals surface area contributed by atoms with E-state index in [1.807, 2.05) is 18.3 Å². The zero-order valence-corrected chi connectivity index (χ0v) is 11.2. The molecule has 0 unspecified atom stereocenters. The van der Waals surface area contributed by atoms with Gasteiger partial charge in [0, 0.05) is 21.6 Å². The van der Waals surface area contributed by atoms with Gasteiger partial charge in [-0.25, -0.2) is 0 Å². The molecule has 0 aliphatic rings. The minimum absolute atomic E-state index is 0.0157. The van der Waals surface area contributed by atoms with Crippen LogP contribution in [0, 0.1) is 0 Å². The van der Waals surface area contributed by atoms with Gasteiger partial charge < -0.3 is 9.67 Å². The number of fused-ring (bicyclic) bond motifs is 1. The molecule has 2 aromatic rings. The average Bonchev–Trinajstić information content (AvgIpc) is 2.56. The molecule has 0 saturated carbocycles. The van der Waals surface area contributed by atoms with Gasteiger partial charge in [0.2, 0.25) is 0 Å². The quantitative estimate of drug-likeness (QED) is 0.939. The Balaban J connectivity index is 2.57. The lowest BCUT2D eigenvalue weighted by Crippen LogP contribution is -2.07. The summed E-state index contributed by atoms with van der Waals surface area (Å²) in [5.74, 6) is -0.812. The fourth-order valence-corrected chi connectivity index (χ4v) is 2.45. The second-order valence-corrected chi connectivity index (χ2v) is 5.00. The summed E-state index contributed by atoms with van der Waals surface area (Å²) in [7, 11) is 0. The number of aromatic nitrogens is 1. The number of hydrogen-bond donors (Lipinski definition) is 1. The average molecular weight is 296 g/mol. The SMILES string of the molecule is CCCc1cn(CC(=O)O)c2ccc(Br)cc12. The number of carbonyl (C=O) groups is 1. The smallest absolute Gasteiger partial charge is 0.323 e. The first-order chi connectivity index (χ1) is 8.11. The summed E-state index contributed by atoms with van der Waals surface area (Å²) in [6, 6.07) is 5.95. The second-order valence-electron chi connectivity index (χ2n) is 4.09. The molecule has 0 bridgehead atoms. The molecule has 0 aliphatic carbocycles. The fourth-order valence-electron chi connectivity index (χ4n) is 2.09. The topological polar surface area (TPSA) is 42.2 Å². The zero-order chi connectivity index (χ0) is 12.4. The van der Waals surface area contributed by atoms with Gasteiger partial charge >= 0.3 is 5.97 Å². The zero-order valence-electron chi connectivity index (χ0n) is 9.61. The molecule has 17 heavy (non-hydrogen) atoms. The van der Waals surface area contributed by atoms with Gasteiger partial charge in [0.1, 0.15) is 6.54 Å². The van der Waals surface area contributed by atoms with Gasteiger partial charge in [-0.05, 0) is 30.2 Å². The highest BCUT2D eigenvalue weighted by Crippen LogP contribution is 2.26. The summed E-state index contributed by atoms with van der Waals surface area (Å²) in [5.41, 5.74) is 2.20. The highest BCUT2D eigenvalue weighted by molar-refractivity contribution is 9.10. The van der Waals surface area contributed by atoms with Crippen molar-refractivity contribution in [3.63, 3.8) is 0 Å². The Bertz CT molecular complexity index is 560. The van der Waals surface area contributed by atoms with Gasteiger partial charge in [0.25, 0.3) is 0 Å². The van der Waals surface area contributed by atoms with Gasteiger partial charge in [-0.3, -0.25) is 4.79 Å². The van der Waals surface area contributed by atoms with Crippen LogP contribution in [0.3, 0.4) is 0 Å². The van der Waals surface area contributed by atoms with Gasteiger partial charge in [-0.15, -0.1) is 0 Å². The molecule has 4 heteroatoms. The van der Waals surface area contributed by atoms with Crippen LogP contribution in [0.15, 0.2) is 28.9 Å². The minimum atomic E-state index is -0.812. The fraction of sp³-hybridized carbons (Fsp3) is 0.308. The van der Waals surface area contributed by atoms with Crippen molar-refractivity contribution in [2.24, 2.45) is 0 Å². The molecule has 0 radical (unpaired) electrons. The lowest BCUT2D eigenvalue weighted by atomic mass is 10.1. The molecular weight excluding hydrogens is 282 g/mol. The highest BCUT2D eigenvalue weighted by atomic mass is 79.9. The summed E-state index contributed by atoms with van der Waals surface area (Å²) in [4.78, 5) is 10.8. The lowest BCUT2D eigenvalue weighted by molar-refractivity contribution is -0.137. The summed E-state index contributed by atoms with van der Waals surface area (Å²) >= 11 is 3.45. The van der Waals surface area contributed by atoms with Crippen molar-refractivity contribution in [2.75, 3.05) is 0 Å². The molecule has 0 atom stereocenters. The molecule has 1 aromatic heterocycles. The molecular formula is C13H14BrNO2. The van der Waals surface area contributed by atoms with Crippen molar-refractivity contribution < 1.29 is 9.90 Å². The van der Waals surface area contributed by atoms with Gasteiger partial charge in [0.05, 0.1) is 0 Å². The van der Waals surface area contributed by atoms with Crippen LogP contribution in [-0.4, -0.2) is 15.6 Å². The monoisotopic (exact) mass is 295 g/mol. The first-order valence-electron chi connectivity index (χ1n) is 5.61. The number of hydrogen-bond acceptors (Lipinski definition) is 1. The van der Waals surface area contributed by atoms with Crippen molar-refractivity contribution in [1.29, 1.82) is 0 Å². The van der Waals surface area contributed by atoms with Crippen LogP contribution in [0.25, 0.3) is 10.9 Å². The predicted octanol–water partition coefficient (Wildman–Crippen LogP) is 3.44. The van der Waals surface area contributed by atoms with E-state index in [0.717, 1.165) is 28.2 Å². The van der Waals surface area contributed by atoms with Crippen molar-refractivity contribution in [3.8, 4) is 0 Å². The van der Waals surface area contributed by atoms with E-state index in [9.17, 15) is 4.79 Å². The normalized spacial score (nSPS) is 10.9. The maximum absolute atomic E-state index is 10.8. The van der Waals surface area contributed by atoms with Crippen LogP contribution in [0.4, 0.5) is 0 Å². The summed E-state index contributed by atoms with van der Waals surface area (Å²) < 4.78 is 2.82. The third-order valence-electron chi connectivity index (χ3n) is 2.75. The van der Waals surface area contributed by atoms with Crippen molar-refractivity contribution in [1.82, 2.24) is 4.57 Å². The molecule has 90 valence electrons. The number of aryl methyl sites for hydroxylation is 1. The van der Waals surface area contributed by atoms with E-state index in [1.54, 1.807) is 4.57 Å². The highest BCUT2D eigenvalue weighted by Gasteiger charge is 2.10. The Morgan fingerprint density at radius 1 is 1.47 bits per heavy atom. The Labute approximate surface area is 108 Å². The second kappa shape index (κ2) is 4.92.